The van der Waals surface area contributed by atoms with E-state index in [0.717, 1.165) is 25.4 Å². The summed E-state index contributed by atoms with van der Waals surface area (Å²) in [5.41, 5.74) is 0.950. The molecule has 0 bridgehead atoms. The van der Waals surface area contributed by atoms with E-state index in [-0.39, 0.29) is 5.91 Å². The Morgan fingerprint density at radius 3 is 2.67 bits per heavy atom. The minimum atomic E-state index is -0.292. The van der Waals surface area contributed by atoms with Crippen LogP contribution in [0.15, 0.2) is 40.1 Å². The van der Waals surface area contributed by atoms with Crippen LogP contribution in [0.3, 0.4) is 0 Å². The summed E-state index contributed by atoms with van der Waals surface area (Å²) in [7, 11) is 1.60. The van der Waals surface area contributed by atoms with Gasteiger partial charge in [-0.3, -0.25) is 4.79 Å². The van der Waals surface area contributed by atoms with Crippen LogP contribution in [0.5, 0.6) is 11.5 Å². The molecule has 0 spiro atoms. The minimum absolute atomic E-state index is 0.292. The Hall–Kier alpha value is -2.84. The van der Waals surface area contributed by atoms with Crippen LogP contribution in [0.4, 0.5) is 5.69 Å². The van der Waals surface area contributed by atoms with Gasteiger partial charge in [0.25, 0.3) is 5.91 Å². The van der Waals surface area contributed by atoms with Crippen molar-refractivity contribution in [1.29, 1.82) is 0 Å². The van der Waals surface area contributed by atoms with Crippen molar-refractivity contribution in [2.75, 3.05) is 38.7 Å². The van der Waals surface area contributed by atoms with E-state index in [1.54, 1.807) is 30.7 Å². The van der Waals surface area contributed by atoms with Crippen LogP contribution in [0.25, 0.3) is 10.8 Å². The number of amides is 1. The third-order valence-electron chi connectivity index (χ3n) is 4.67. The number of rotatable bonds is 10. The SMILES string of the molecule is CCN(CC)CCOc1cc(NC(=O)c2csc(-c3ccc(C)o3)n2)ccc1OC. The molecule has 7 nitrogen and oxygen atoms in total. The van der Waals surface area contributed by atoms with E-state index >= 15 is 0 Å². The van der Waals surface area contributed by atoms with Gasteiger partial charge in [0.05, 0.1) is 7.11 Å². The van der Waals surface area contributed by atoms with Gasteiger partial charge in [0, 0.05) is 23.7 Å². The summed E-state index contributed by atoms with van der Waals surface area (Å²) < 4.78 is 16.9. The molecule has 0 saturated carbocycles. The number of anilines is 1. The third kappa shape index (κ3) is 5.40. The molecular formula is C22H27N3O4S. The van der Waals surface area contributed by atoms with Crippen molar-refractivity contribution in [2.24, 2.45) is 0 Å². The molecule has 8 heteroatoms. The first-order valence-electron chi connectivity index (χ1n) is 9.90. The van der Waals surface area contributed by atoms with Gasteiger partial charge in [-0.25, -0.2) is 4.98 Å². The van der Waals surface area contributed by atoms with Crippen molar-refractivity contribution < 1.29 is 18.7 Å². The molecule has 3 rings (SSSR count). The normalized spacial score (nSPS) is 11.0. The average Bonchev–Trinajstić information content (AvgIpc) is 3.40. The number of nitrogens with one attached hydrogen (secondary N) is 1. The molecule has 0 aliphatic heterocycles. The van der Waals surface area contributed by atoms with Crippen LogP contribution in [0, 0.1) is 6.92 Å². The lowest BCUT2D eigenvalue weighted by Crippen LogP contribution is -2.28. The van der Waals surface area contributed by atoms with Crippen molar-refractivity contribution in [3.05, 3.63) is 47.2 Å². The van der Waals surface area contributed by atoms with Gasteiger partial charge in [-0.15, -0.1) is 11.3 Å². The number of aryl methyl sites for hydroxylation is 1. The number of aromatic nitrogens is 1. The van der Waals surface area contributed by atoms with Gasteiger partial charge in [-0.05, 0) is 44.3 Å². The monoisotopic (exact) mass is 429 g/mol. The summed E-state index contributed by atoms with van der Waals surface area (Å²) in [6.07, 6.45) is 0. The largest absolute Gasteiger partial charge is 0.493 e. The van der Waals surface area contributed by atoms with Crippen molar-refractivity contribution in [3.8, 4) is 22.3 Å². The zero-order chi connectivity index (χ0) is 21.5. The number of nitrogens with zero attached hydrogens (tertiary/aromatic N) is 2. The van der Waals surface area contributed by atoms with Crippen molar-refractivity contribution in [2.45, 2.75) is 20.8 Å². The second-order valence-electron chi connectivity index (χ2n) is 6.64. The van der Waals surface area contributed by atoms with Crippen LogP contribution < -0.4 is 14.8 Å². The summed E-state index contributed by atoms with van der Waals surface area (Å²) in [4.78, 5) is 19.3. The van der Waals surface area contributed by atoms with Crippen LogP contribution in [-0.4, -0.2) is 49.1 Å². The van der Waals surface area contributed by atoms with Gasteiger partial charge in [0.2, 0.25) is 0 Å². The molecule has 1 amide bonds. The molecule has 1 aromatic carbocycles. The number of hydrogen-bond acceptors (Lipinski definition) is 7. The van der Waals surface area contributed by atoms with Crippen molar-refractivity contribution >= 4 is 22.9 Å². The van der Waals surface area contributed by atoms with Crippen LogP contribution in [-0.2, 0) is 0 Å². The second-order valence-corrected chi connectivity index (χ2v) is 7.50. The maximum atomic E-state index is 12.6. The Kier molecular flexibility index (Phi) is 7.48. The Balaban J connectivity index is 1.67. The van der Waals surface area contributed by atoms with E-state index in [0.29, 0.717) is 40.3 Å². The predicted octanol–water partition coefficient (Wildman–Crippen LogP) is 4.69. The molecule has 0 atom stereocenters. The van der Waals surface area contributed by atoms with E-state index in [1.165, 1.54) is 11.3 Å². The van der Waals surface area contributed by atoms with Crippen LogP contribution in [0.2, 0.25) is 0 Å². The maximum absolute atomic E-state index is 12.6. The lowest BCUT2D eigenvalue weighted by Gasteiger charge is -2.19. The molecule has 0 saturated heterocycles. The van der Waals surface area contributed by atoms with Gasteiger partial charge < -0.3 is 24.1 Å². The number of furan rings is 1. The molecule has 3 aromatic rings. The molecule has 0 aliphatic carbocycles. The molecule has 30 heavy (non-hydrogen) atoms. The molecule has 1 N–H and O–H groups in total. The predicted molar refractivity (Wildman–Crippen MR) is 119 cm³/mol. The number of carbonyl (C=O) groups is 1. The molecule has 0 aliphatic rings. The highest BCUT2D eigenvalue weighted by Crippen LogP contribution is 2.31. The number of carbonyl (C=O) groups excluding carboxylic acids is 1. The Morgan fingerprint density at radius 1 is 1.20 bits per heavy atom. The van der Waals surface area contributed by atoms with Crippen LogP contribution >= 0.6 is 11.3 Å². The zero-order valence-corrected chi connectivity index (χ0v) is 18.5. The standard InChI is InChI=1S/C22H27N3O4S/c1-5-25(6-2)11-12-28-20-13-16(8-10-18(20)27-4)23-21(26)17-14-30-22(24-17)19-9-7-15(3)29-19/h7-10,13-14H,5-6,11-12H2,1-4H3,(H,23,26). The highest BCUT2D eigenvalue weighted by atomic mass is 32.1. The lowest BCUT2D eigenvalue weighted by molar-refractivity contribution is 0.102. The summed E-state index contributed by atoms with van der Waals surface area (Å²) >= 11 is 1.37. The van der Waals surface area contributed by atoms with Gasteiger partial charge in [-0.1, -0.05) is 13.8 Å². The first-order valence-corrected chi connectivity index (χ1v) is 10.8. The number of methoxy groups -OCH3 is 1. The number of ether oxygens (including phenoxy) is 2. The zero-order valence-electron chi connectivity index (χ0n) is 17.7. The van der Waals surface area contributed by atoms with Crippen LogP contribution in [0.1, 0.15) is 30.1 Å². The van der Waals surface area contributed by atoms with Crippen molar-refractivity contribution in [3.63, 3.8) is 0 Å². The van der Waals surface area contributed by atoms with E-state index in [1.807, 2.05) is 19.1 Å². The number of hydrogen-bond donors (Lipinski definition) is 1. The smallest absolute Gasteiger partial charge is 0.275 e. The number of likely N-dealkylation sites (N-methyl/N-ethyl adjacent to an activating group) is 1. The first kappa shape index (κ1) is 21.9. The molecular weight excluding hydrogens is 402 g/mol. The summed E-state index contributed by atoms with van der Waals surface area (Å²) in [5.74, 6) is 2.38. The highest BCUT2D eigenvalue weighted by molar-refractivity contribution is 7.13. The fourth-order valence-corrected chi connectivity index (χ4v) is 3.69. The number of thiazole rings is 1. The summed E-state index contributed by atoms with van der Waals surface area (Å²) in [6.45, 7) is 9.42. The average molecular weight is 430 g/mol. The van der Waals surface area contributed by atoms with Gasteiger partial charge in [0.15, 0.2) is 22.3 Å². The van der Waals surface area contributed by atoms with Crippen molar-refractivity contribution in [1.82, 2.24) is 9.88 Å². The fraction of sp³-hybridized carbons (Fsp3) is 0.364. The van der Waals surface area contributed by atoms with E-state index < -0.39 is 0 Å². The molecule has 0 unspecified atom stereocenters. The van der Waals surface area contributed by atoms with Gasteiger partial charge in [-0.2, -0.15) is 0 Å². The summed E-state index contributed by atoms with van der Waals surface area (Å²) in [6, 6.07) is 9.04. The van der Waals surface area contributed by atoms with Gasteiger partial charge >= 0.3 is 0 Å². The highest BCUT2D eigenvalue weighted by Gasteiger charge is 2.15. The summed E-state index contributed by atoms with van der Waals surface area (Å²) in [5, 5.41) is 5.26. The van der Waals surface area contributed by atoms with Gasteiger partial charge in [0.1, 0.15) is 18.1 Å². The fourth-order valence-electron chi connectivity index (χ4n) is 2.93. The molecule has 0 radical (unpaired) electrons. The Bertz CT molecular complexity index is 978. The minimum Gasteiger partial charge on any atom is -0.493 e. The van der Waals surface area contributed by atoms with E-state index in [4.69, 9.17) is 13.9 Å². The number of benzene rings is 1. The van der Waals surface area contributed by atoms with E-state index in [9.17, 15) is 4.79 Å². The molecule has 0 fully saturated rings. The topological polar surface area (TPSA) is 76.8 Å². The van der Waals surface area contributed by atoms with E-state index in [2.05, 4.69) is 29.0 Å². The first-order chi connectivity index (χ1) is 14.5. The Morgan fingerprint density at radius 2 is 2.00 bits per heavy atom. The lowest BCUT2D eigenvalue weighted by atomic mass is 10.2. The molecule has 2 heterocycles. The molecule has 160 valence electrons. The quantitative estimate of drug-likeness (QED) is 0.504. The second kappa shape index (κ2) is 10.3. The molecule has 2 aromatic heterocycles. The maximum Gasteiger partial charge on any atom is 0.275 e. The third-order valence-corrected chi connectivity index (χ3v) is 5.53. The Labute approximate surface area is 180 Å².